The number of nitrogens with two attached hydrogens (primary N) is 3. The Morgan fingerprint density at radius 3 is 2.60 bits per heavy atom. The van der Waals surface area contributed by atoms with Gasteiger partial charge in [-0.1, -0.05) is 5.16 Å². The van der Waals surface area contributed by atoms with Gasteiger partial charge in [0.15, 0.2) is 17.5 Å². The van der Waals surface area contributed by atoms with Crippen LogP contribution in [0.25, 0.3) is 0 Å². The number of aliphatic carboxylic acids is 2. The van der Waals surface area contributed by atoms with E-state index in [0.717, 1.165) is 41.3 Å². The van der Waals surface area contributed by atoms with E-state index in [1.54, 1.807) is 16.4 Å². The van der Waals surface area contributed by atoms with Crippen molar-refractivity contribution < 1.29 is 38.9 Å². The number of carbonyl (C=O) groups is 4. The molecule has 43 heavy (non-hydrogen) atoms. The lowest BCUT2D eigenvalue weighted by Crippen LogP contribution is -2.71. The van der Waals surface area contributed by atoms with Crippen LogP contribution in [-0.2, 0) is 44.0 Å². The van der Waals surface area contributed by atoms with Crippen LogP contribution in [-0.4, -0.2) is 87.9 Å². The van der Waals surface area contributed by atoms with Crippen LogP contribution < -0.4 is 27.2 Å². The summed E-state index contributed by atoms with van der Waals surface area (Å²) in [6, 6.07) is -1.10. The molecule has 2 aliphatic heterocycles. The number of anilines is 2. The number of aryl methyl sites for hydroxylation is 1. The third-order valence-corrected chi connectivity index (χ3v) is 8.79. The number of nitrogen functional groups attached to an aromatic ring is 2. The second kappa shape index (κ2) is 12.6. The van der Waals surface area contributed by atoms with Crippen molar-refractivity contribution >= 4 is 63.7 Å². The zero-order chi connectivity index (χ0) is 31.6. The molecule has 0 aromatic carbocycles. The molecule has 232 valence electrons. The van der Waals surface area contributed by atoms with Crippen molar-refractivity contribution in [1.29, 1.82) is 0 Å². The number of carbonyl (C=O) groups excluding carboxylic acids is 2. The van der Waals surface area contributed by atoms with Gasteiger partial charge in [-0.05, 0) is 39.7 Å². The van der Waals surface area contributed by atoms with Gasteiger partial charge in [0.1, 0.15) is 17.1 Å². The SMILES string of the molecule is Cn1c(N)c(CCCCN)c[n+]1CC1=C(C(=O)O)N2C(=O)[C@@H](NC(=O)/C(=N\OC(C)(C)C(=O)O)c3nsc(N)n3)[C@H]2SC1. The van der Waals surface area contributed by atoms with E-state index < -0.39 is 46.5 Å². The molecular weight excluding hydrogens is 604 g/mol. The van der Waals surface area contributed by atoms with Gasteiger partial charge in [-0.15, -0.1) is 21.1 Å². The number of fused-ring (bicyclic) bond motifs is 1. The molecule has 4 heterocycles. The topological polar surface area (TPSA) is 258 Å². The molecule has 0 bridgehead atoms. The van der Waals surface area contributed by atoms with Crippen LogP contribution >= 0.6 is 23.3 Å². The number of thioether (sulfide) groups is 1. The van der Waals surface area contributed by atoms with Gasteiger partial charge in [-0.2, -0.15) is 9.36 Å². The van der Waals surface area contributed by atoms with Crippen molar-refractivity contribution in [3.05, 3.63) is 28.9 Å². The Balaban J connectivity index is 1.54. The number of amides is 2. The summed E-state index contributed by atoms with van der Waals surface area (Å²) >= 11 is 2.06. The molecule has 2 aromatic heterocycles. The first-order valence-electron chi connectivity index (χ1n) is 13.1. The number of rotatable bonds is 13. The summed E-state index contributed by atoms with van der Waals surface area (Å²) in [7, 11) is 1.77. The zero-order valence-electron chi connectivity index (χ0n) is 23.6. The Morgan fingerprint density at radius 2 is 2.00 bits per heavy atom. The van der Waals surface area contributed by atoms with Gasteiger partial charge in [0, 0.05) is 22.9 Å². The van der Waals surface area contributed by atoms with Gasteiger partial charge in [-0.3, -0.25) is 14.5 Å². The number of nitrogens with one attached hydrogen (secondary N) is 1. The fourth-order valence-electron chi connectivity index (χ4n) is 4.41. The highest BCUT2D eigenvalue weighted by atomic mass is 32.2. The molecule has 0 unspecified atom stereocenters. The summed E-state index contributed by atoms with van der Waals surface area (Å²) in [4.78, 5) is 60.4. The molecule has 0 spiro atoms. The highest BCUT2D eigenvalue weighted by molar-refractivity contribution is 8.00. The third kappa shape index (κ3) is 6.42. The van der Waals surface area contributed by atoms with Crippen molar-refractivity contribution in [2.75, 3.05) is 23.8 Å². The summed E-state index contributed by atoms with van der Waals surface area (Å²) in [5, 5.41) is 24.9. The second-order valence-corrected chi connectivity index (χ2v) is 12.2. The molecule has 2 aliphatic rings. The molecule has 4 rings (SSSR count). The van der Waals surface area contributed by atoms with E-state index in [-0.39, 0.29) is 29.0 Å². The first kappa shape index (κ1) is 31.7. The van der Waals surface area contributed by atoms with Crippen LogP contribution in [0.3, 0.4) is 0 Å². The zero-order valence-corrected chi connectivity index (χ0v) is 25.3. The van der Waals surface area contributed by atoms with E-state index in [9.17, 15) is 29.4 Å². The molecule has 2 atom stereocenters. The molecule has 2 amide bonds. The molecule has 19 heteroatoms. The summed E-state index contributed by atoms with van der Waals surface area (Å²) in [5.41, 5.74) is 16.5. The fraction of sp³-hybridized carbons (Fsp3) is 0.500. The van der Waals surface area contributed by atoms with Crippen molar-refractivity contribution in [3.63, 3.8) is 0 Å². The standard InChI is InChI=1S/C24H32N10O7S2/c1-24(2,22(39)40)41-30-13(17-29-23(27)43-31-17)18(35)28-14-19(36)34-15(21(37)38)12(10-42-20(14)34)9-33-8-11(6-4-5-7-25)16(26)32(33)3/h8,14,20,26H,4-7,9-10,25H2,1-3H3,(H5,27,28,29,31,35,37,38,39,40)/p+1/b30-13-/t14-,20-/m1/s1. The van der Waals surface area contributed by atoms with Crippen LogP contribution in [0.4, 0.5) is 10.9 Å². The first-order chi connectivity index (χ1) is 20.3. The molecule has 17 nitrogen and oxygen atoms in total. The van der Waals surface area contributed by atoms with E-state index in [1.165, 1.54) is 25.6 Å². The number of aromatic nitrogens is 4. The molecule has 1 fully saturated rings. The molecule has 0 saturated carbocycles. The predicted molar refractivity (Wildman–Crippen MR) is 155 cm³/mol. The van der Waals surface area contributed by atoms with Gasteiger partial charge in [0.05, 0.1) is 12.6 Å². The third-order valence-electron chi connectivity index (χ3n) is 6.91. The maximum absolute atomic E-state index is 13.2. The highest BCUT2D eigenvalue weighted by Crippen LogP contribution is 2.40. The van der Waals surface area contributed by atoms with Gasteiger partial charge < -0.3 is 37.6 Å². The minimum atomic E-state index is -1.79. The summed E-state index contributed by atoms with van der Waals surface area (Å²) in [6.07, 6.45) is 4.31. The Labute approximate surface area is 253 Å². The predicted octanol–water partition coefficient (Wildman–Crippen LogP) is -1.37. The average molecular weight is 638 g/mol. The van der Waals surface area contributed by atoms with Gasteiger partial charge in [0.2, 0.25) is 23.3 Å². The maximum Gasteiger partial charge on any atom is 0.352 e. The molecule has 2 aromatic rings. The first-order valence-corrected chi connectivity index (χ1v) is 14.9. The number of carboxylic acid groups (broad SMARTS) is 2. The van der Waals surface area contributed by atoms with E-state index in [2.05, 4.69) is 19.8 Å². The maximum atomic E-state index is 13.2. The number of hydrogen-bond acceptors (Lipinski definition) is 13. The van der Waals surface area contributed by atoms with Crippen molar-refractivity contribution in [1.82, 2.24) is 24.3 Å². The monoisotopic (exact) mass is 637 g/mol. The number of β-lactam (4-membered cyclic amide) rings is 1. The average Bonchev–Trinajstić information content (AvgIpc) is 3.49. The van der Waals surface area contributed by atoms with Crippen LogP contribution in [0.1, 0.15) is 38.1 Å². The van der Waals surface area contributed by atoms with E-state index in [4.69, 9.17) is 22.0 Å². The molecular formula is C24H33N10O7S2+. The number of unbranched alkanes of at least 4 members (excludes halogenated alkanes) is 1. The second-order valence-electron chi connectivity index (χ2n) is 10.3. The fourth-order valence-corrected chi connectivity index (χ4v) is 6.18. The Kier molecular flexibility index (Phi) is 9.26. The van der Waals surface area contributed by atoms with Crippen molar-refractivity contribution in [3.8, 4) is 0 Å². The Hall–Kier alpha value is -4.23. The van der Waals surface area contributed by atoms with Gasteiger partial charge >= 0.3 is 11.9 Å². The molecule has 1 saturated heterocycles. The quantitative estimate of drug-likeness (QED) is 0.0488. The van der Waals surface area contributed by atoms with E-state index >= 15 is 0 Å². The summed E-state index contributed by atoms with van der Waals surface area (Å²) in [5.74, 6) is -3.59. The number of carboxylic acids is 2. The number of oxime groups is 1. The normalized spacial score (nSPS) is 18.7. The van der Waals surface area contributed by atoms with Crippen LogP contribution in [0, 0.1) is 0 Å². The Morgan fingerprint density at radius 1 is 1.28 bits per heavy atom. The van der Waals surface area contributed by atoms with Crippen molar-refractivity contribution in [2.24, 2.45) is 17.9 Å². The van der Waals surface area contributed by atoms with E-state index in [0.29, 0.717) is 17.9 Å². The summed E-state index contributed by atoms with van der Waals surface area (Å²) in [6.45, 7) is 3.22. The molecule has 0 radical (unpaired) electrons. The number of nitrogens with zero attached hydrogens (tertiary/aromatic N) is 6. The lowest BCUT2D eigenvalue weighted by atomic mass is 10.0. The highest BCUT2D eigenvalue weighted by Gasteiger charge is 2.55. The summed E-state index contributed by atoms with van der Waals surface area (Å²) < 4.78 is 7.46. The van der Waals surface area contributed by atoms with Crippen LogP contribution in [0.15, 0.2) is 22.6 Å². The smallest absolute Gasteiger partial charge is 0.352 e. The van der Waals surface area contributed by atoms with Crippen molar-refractivity contribution in [2.45, 2.75) is 56.7 Å². The van der Waals surface area contributed by atoms with E-state index in [1.807, 2.05) is 6.20 Å². The van der Waals surface area contributed by atoms with Crippen LogP contribution in [0.5, 0.6) is 0 Å². The number of hydrogen-bond donors (Lipinski definition) is 6. The lowest BCUT2D eigenvalue weighted by molar-refractivity contribution is -0.765. The molecule has 9 N–H and O–H groups in total. The molecule has 0 aliphatic carbocycles. The van der Waals surface area contributed by atoms with Crippen LogP contribution in [0.2, 0.25) is 0 Å². The largest absolute Gasteiger partial charge is 0.478 e. The van der Waals surface area contributed by atoms with Gasteiger partial charge in [0.25, 0.3) is 11.8 Å². The minimum absolute atomic E-state index is 0.0195. The minimum Gasteiger partial charge on any atom is -0.478 e. The Bertz CT molecular complexity index is 1520. The van der Waals surface area contributed by atoms with Gasteiger partial charge in [-0.25, -0.2) is 9.59 Å². The lowest BCUT2D eigenvalue weighted by Gasteiger charge is -2.49.